The fourth-order valence-corrected chi connectivity index (χ4v) is 3.77. The molecule has 0 saturated carbocycles. The summed E-state index contributed by atoms with van der Waals surface area (Å²) in [6, 6.07) is 17.1. The van der Waals surface area contributed by atoms with Gasteiger partial charge in [0.05, 0.1) is 16.1 Å². The van der Waals surface area contributed by atoms with E-state index in [-0.39, 0.29) is 17.0 Å². The zero-order valence-corrected chi connectivity index (χ0v) is 17.3. The van der Waals surface area contributed by atoms with Gasteiger partial charge in [0.1, 0.15) is 11.6 Å². The van der Waals surface area contributed by atoms with E-state index < -0.39 is 21.7 Å². The number of para-hydroxylation sites is 2. The lowest BCUT2D eigenvalue weighted by molar-refractivity contribution is 0.102. The highest BCUT2D eigenvalue weighted by Crippen LogP contribution is 2.30. The molecule has 0 aliphatic rings. The van der Waals surface area contributed by atoms with Gasteiger partial charge in [-0.2, -0.15) is 0 Å². The first-order chi connectivity index (χ1) is 14.3. The Labute approximate surface area is 174 Å². The maximum atomic E-state index is 14.3. The van der Waals surface area contributed by atoms with Crippen molar-refractivity contribution in [3.8, 4) is 11.5 Å². The van der Waals surface area contributed by atoms with Crippen molar-refractivity contribution in [3.05, 3.63) is 83.7 Å². The van der Waals surface area contributed by atoms with Crippen LogP contribution in [0.1, 0.15) is 22.8 Å². The number of carbonyl (C=O) groups excluding carboxylic acids is 1. The molecule has 3 aromatic carbocycles. The molecule has 8 heteroatoms. The van der Waals surface area contributed by atoms with Gasteiger partial charge in [-0.1, -0.05) is 36.8 Å². The van der Waals surface area contributed by atoms with Crippen molar-refractivity contribution in [2.45, 2.75) is 18.7 Å². The summed E-state index contributed by atoms with van der Waals surface area (Å²) in [5.74, 6) is -0.681. The average Bonchev–Trinajstić information content (AvgIpc) is 2.71. The maximum Gasteiger partial charge on any atom is 0.258 e. The van der Waals surface area contributed by atoms with Gasteiger partial charge in [0, 0.05) is 6.54 Å². The van der Waals surface area contributed by atoms with Crippen LogP contribution < -0.4 is 14.8 Å². The molecular formula is C22H21FN2O4S. The third-order valence-electron chi connectivity index (χ3n) is 4.21. The summed E-state index contributed by atoms with van der Waals surface area (Å²) in [6.45, 7) is 3.75. The summed E-state index contributed by atoms with van der Waals surface area (Å²) >= 11 is 0. The molecule has 30 heavy (non-hydrogen) atoms. The number of sulfonamides is 1. The van der Waals surface area contributed by atoms with Crippen LogP contribution in [-0.4, -0.2) is 20.9 Å². The van der Waals surface area contributed by atoms with Crippen LogP contribution in [0.2, 0.25) is 0 Å². The Hall–Kier alpha value is -3.23. The number of nitrogens with one attached hydrogen (secondary N) is 2. The molecule has 0 fully saturated rings. The Kier molecular flexibility index (Phi) is 6.49. The van der Waals surface area contributed by atoms with Gasteiger partial charge < -0.3 is 10.1 Å². The molecule has 0 aromatic heterocycles. The molecule has 0 aliphatic carbocycles. The van der Waals surface area contributed by atoms with Crippen molar-refractivity contribution in [2.24, 2.45) is 0 Å². The van der Waals surface area contributed by atoms with Crippen LogP contribution in [0.4, 0.5) is 10.1 Å². The second kappa shape index (κ2) is 9.06. The molecule has 0 bridgehead atoms. The lowest BCUT2D eigenvalue weighted by Crippen LogP contribution is -2.24. The number of benzene rings is 3. The van der Waals surface area contributed by atoms with E-state index in [0.717, 1.165) is 23.8 Å². The van der Waals surface area contributed by atoms with Crippen LogP contribution in [0.3, 0.4) is 0 Å². The number of hydrogen-bond acceptors (Lipinski definition) is 4. The highest BCUT2D eigenvalue weighted by atomic mass is 32.2. The highest BCUT2D eigenvalue weighted by molar-refractivity contribution is 7.89. The number of carbonyl (C=O) groups is 1. The molecule has 0 aliphatic heterocycles. The normalized spacial score (nSPS) is 11.2. The SMILES string of the molecule is CCNS(=O)(=O)c1ccc(F)c(C(=O)Nc2ccccc2Oc2ccc(C)cc2)c1. The molecule has 0 unspecified atom stereocenters. The Morgan fingerprint density at radius 2 is 1.73 bits per heavy atom. The van der Waals surface area contributed by atoms with Gasteiger partial charge in [-0.05, 0) is 49.4 Å². The smallest absolute Gasteiger partial charge is 0.258 e. The topological polar surface area (TPSA) is 84.5 Å². The lowest BCUT2D eigenvalue weighted by atomic mass is 10.2. The average molecular weight is 428 g/mol. The first-order valence-electron chi connectivity index (χ1n) is 9.24. The number of halogens is 1. The van der Waals surface area contributed by atoms with E-state index >= 15 is 0 Å². The first kappa shape index (κ1) is 21.5. The summed E-state index contributed by atoms with van der Waals surface area (Å²) in [4.78, 5) is 12.5. The number of ether oxygens (including phenoxy) is 1. The standard InChI is InChI=1S/C22H21FN2O4S/c1-3-24-30(27,28)17-12-13-19(23)18(14-17)22(26)25-20-6-4-5-7-21(20)29-16-10-8-15(2)9-11-16/h4-14,24H,3H2,1-2H3,(H,25,26). The van der Waals surface area contributed by atoms with E-state index in [0.29, 0.717) is 17.2 Å². The van der Waals surface area contributed by atoms with Crippen LogP contribution in [0.25, 0.3) is 0 Å². The molecular weight excluding hydrogens is 407 g/mol. The fourth-order valence-electron chi connectivity index (χ4n) is 2.70. The van der Waals surface area contributed by atoms with Gasteiger partial charge in [0.2, 0.25) is 10.0 Å². The molecule has 0 spiro atoms. The molecule has 1 amide bonds. The number of anilines is 1. The van der Waals surface area contributed by atoms with Crippen molar-refractivity contribution < 1.29 is 22.3 Å². The Morgan fingerprint density at radius 1 is 1.03 bits per heavy atom. The predicted octanol–water partition coefficient (Wildman–Crippen LogP) is 4.48. The van der Waals surface area contributed by atoms with E-state index in [1.54, 1.807) is 43.3 Å². The third kappa shape index (κ3) is 5.03. The number of rotatable bonds is 7. The quantitative estimate of drug-likeness (QED) is 0.581. The van der Waals surface area contributed by atoms with E-state index in [2.05, 4.69) is 10.0 Å². The molecule has 2 N–H and O–H groups in total. The van der Waals surface area contributed by atoms with Gasteiger partial charge in [-0.15, -0.1) is 0 Å². The molecule has 6 nitrogen and oxygen atoms in total. The van der Waals surface area contributed by atoms with Crippen LogP contribution in [0, 0.1) is 12.7 Å². The van der Waals surface area contributed by atoms with Gasteiger partial charge in [0.15, 0.2) is 5.75 Å². The Bertz CT molecular complexity index is 1160. The van der Waals surface area contributed by atoms with E-state index in [1.165, 1.54) is 0 Å². The van der Waals surface area contributed by atoms with Crippen molar-refractivity contribution in [1.29, 1.82) is 0 Å². The van der Waals surface area contributed by atoms with E-state index in [9.17, 15) is 17.6 Å². The number of hydrogen-bond donors (Lipinski definition) is 2. The summed E-state index contributed by atoms with van der Waals surface area (Å²) < 4.78 is 46.8. The van der Waals surface area contributed by atoms with Gasteiger partial charge in [-0.3, -0.25) is 4.79 Å². The van der Waals surface area contributed by atoms with Crippen LogP contribution in [0.15, 0.2) is 71.6 Å². The van der Waals surface area contributed by atoms with Crippen molar-refractivity contribution >= 4 is 21.6 Å². The third-order valence-corrected chi connectivity index (χ3v) is 5.75. The Balaban J connectivity index is 1.87. The minimum absolute atomic E-state index is 0.172. The predicted molar refractivity (Wildman–Crippen MR) is 113 cm³/mol. The number of aryl methyl sites for hydroxylation is 1. The number of amides is 1. The molecule has 0 heterocycles. The van der Waals surface area contributed by atoms with Gasteiger partial charge in [-0.25, -0.2) is 17.5 Å². The fraction of sp³-hybridized carbons (Fsp3) is 0.136. The lowest BCUT2D eigenvalue weighted by Gasteiger charge is -2.13. The highest BCUT2D eigenvalue weighted by Gasteiger charge is 2.20. The second-order valence-corrected chi connectivity index (χ2v) is 8.28. The largest absolute Gasteiger partial charge is 0.455 e. The minimum atomic E-state index is -3.83. The minimum Gasteiger partial charge on any atom is -0.455 e. The van der Waals surface area contributed by atoms with Gasteiger partial charge >= 0.3 is 0 Å². The first-order valence-corrected chi connectivity index (χ1v) is 10.7. The summed E-state index contributed by atoms with van der Waals surface area (Å²) in [7, 11) is -3.83. The summed E-state index contributed by atoms with van der Waals surface area (Å²) in [6.07, 6.45) is 0. The van der Waals surface area contributed by atoms with E-state index in [4.69, 9.17) is 4.74 Å². The van der Waals surface area contributed by atoms with Crippen LogP contribution in [0.5, 0.6) is 11.5 Å². The van der Waals surface area contributed by atoms with Crippen molar-refractivity contribution in [1.82, 2.24) is 4.72 Å². The molecule has 0 atom stereocenters. The van der Waals surface area contributed by atoms with Crippen molar-refractivity contribution in [2.75, 3.05) is 11.9 Å². The van der Waals surface area contributed by atoms with Crippen LogP contribution >= 0.6 is 0 Å². The Morgan fingerprint density at radius 3 is 2.43 bits per heavy atom. The molecule has 0 saturated heterocycles. The van der Waals surface area contributed by atoms with Crippen molar-refractivity contribution in [3.63, 3.8) is 0 Å². The monoisotopic (exact) mass is 428 g/mol. The second-order valence-electron chi connectivity index (χ2n) is 6.51. The molecule has 3 rings (SSSR count). The zero-order chi connectivity index (χ0) is 21.7. The summed E-state index contributed by atoms with van der Waals surface area (Å²) in [5.41, 5.74) is 1.01. The van der Waals surface area contributed by atoms with Gasteiger partial charge in [0.25, 0.3) is 5.91 Å². The molecule has 156 valence electrons. The molecule has 3 aromatic rings. The zero-order valence-electron chi connectivity index (χ0n) is 16.5. The van der Waals surface area contributed by atoms with Crippen LogP contribution in [-0.2, 0) is 10.0 Å². The summed E-state index contributed by atoms with van der Waals surface area (Å²) in [5, 5.41) is 2.59. The molecule has 0 radical (unpaired) electrons. The maximum absolute atomic E-state index is 14.3. The van der Waals surface area contributed by atoms with E-state index in [1.807, 2.05) is 19.1 Å².